The predicted octanol–water partition coefficient (Wildman–Crippen LogP) is 1.55. The molecule has 0 atom stereocenters. The van der Waals surface area contributed by atoms with Crippen molar-refractivity contribution in [1.82, 2.24) is 4.57 Å². The Bertz CT molecular complexity index is 671. The first kappa shape index (κ1) is 10.9. The summed E-state index contributed by atoms with van der Waals surface area (Å²) in [6.45, 7) is 0. The van der Waals surface area contributed by atoms with Gasteiger partial charge in [0.15, 0.2) is 0 Å². The molecule has 0 fully saturated rings. The van der Waals surface area contributed by atoms with E-state index in [2.05, 4.69) is 0 Å². The summed E-state index contributed by atoms with van der Waals surface area (Å²) >= 11 is 0. The maximum absolute atomic E-state index is 13.6. The van der Waals surface area contributed by atoms with E-state index in [9.17, 15) is 9.18 Å². The number of nitriles is 1. The van der Waals surface area contributed by atoms with Crippen LogP contribution in [-0.4, -0.2) is 9.67 Å². The third kappa shape index (κ3) is 2.01. The van der Waals surface area contributed by atoms with Crippen LogP contribution in [0, 0.1) is 17.1 Å². The van der Waals surface area contributed by atoms with E-state index in [0.717, 1.165) is 16.7 Å². The summed E-state index contributed by atoms with van der Waals surface area (Å²) in [5.74, 6) is -0.850. The van der Waals surface area contributed by atoms with Crippen LogP contribution < -0.4 is 5.56 Å². The van der Waals surface area contributed by atoms with Gasteiger partial charge in [0.05, 0.1) is 17.3 Å². The summed E-state index contributed by atoms with van der Waals surface area (Å²) in [6, 6.07) is 7.87. The van der Waals surface area contributed by atoms with Crippen LogP contribution in [0.15, 0.2) is 41.3 Å². The van der Waals surface area contributed by atoms with E-state index < -0.39 is 11.4 Å². The molecule has 84 valence electrons. The number of halogens is 1. The largest absolute Gasteiger partial charge is 0.508 e. The fraction of sp³-hybridized carbons (Fsp3) is 0. The summed E-state index contributed by atoms with van der Waals surface area (Å²) in [5, 5.41) is 17.7. The molecule has 0 aliphatic rings. The van der Waals surface area contributed by atoms with Crippen LogP contribution in [0.3, 0.4) is 0 Å². The van der Waals surface area contributed by atoms with Gasteiger partial charge in [-0.05, 0) is 24.3 Å². The number of rotatable bonds is 1. The van der Waals surface area contributed by atoms with Crippen LogP contribution in [0.25, 0.3) is 5.69 Å². The monoisotopic (exact) mass is 230 g/mol. The third-order valence-corrected chi connectivity index (χ3v) is 2.24. The average molecular weight is 230 g/mol. The number of benzene rings is 1. The van der Waals surface area contributed by atoms with Crippen LogP contribution in [0.4, 0.5) is 4.39 Å². The predicted molar refractivity (Wildman–Crippen MR) is 58.4 cm³/mol. The van der Waals surface area contributed by atoms with Gasteiger partial charge in [-0.15, -0.1) is 0 Å². The van der Waals surface area contributed by atoms with Gasteiger partial charge in [-0.2, -0.15) is 5.26 Å². The van der Waals surface area contributed by atoms with Gasteiger partial charge in [0.2, 0.25) is 0 Å². The zero-order valence-electron chi connectivity index (χ0n) is 8.59. The smallest absolute Gasteiger partial charge is 0.258 e. The van der Waals surface area contributed by atoms with E-state index in [4.69, 9.17) is 10.4 Å². The first-order valence-electron chi connectivity index (χ1n) is 4.73. The molecule has 1 heterocycles. The molecule has 2 aromatic rings. The highest BCUT2D eigenvalue weighted by Crippen LogP contribution is 2.14. The normalized spacial score (nSPS) is 9.88. The number of aromatic hydroxyl groups is 1. The number of pyridine rings is 1. The van der Waals surface area contributed by atoms with Crippen molar-refractivity contribution >= 4 is 0 Å². The van der Waals surface area contributed by atoms with E-state index in [1.54, 1.807) is 6.07 Å². The fourth-order valence-electron chi connectivity index (χ4n) is 1.44. The molecular formula is C12H7FN2O2. The summed E-state index contributed by atoms with van der Waals surface area (Å²) in [7, 11) is 0. The van der Waals surface area contributed by atoms with Crippen molar-refractivity contribution in [1.29, 1.82) is 5.26 Å². The molecule has 1 N–H and O–H groups in total. The Hall–Kier alpha value is -2.61. The van der Waals surface area contributed by atoms with Gasteiger partial charge in [0, 0.05) is 12.3 Å². The quantitative estimate of drug-likeness (QED) is 0.808. The van der Waals surface area contributed by atoms with Crippen LogP contribution in [0.1, 0.15) is 5.56 Å². The topological polar surface area (TPSA) is 66.0 Å². The first-order chi connectivity index (χ1) is 8.11. The van der Waals surface area contributed by atoms with Gasteiger partial charge in [0.25, 0.3) is 5.56 Å². The lowest BCUT2D eigenvalue weighted by molar-refractivity contribution is 0.472. The Balaban J connectivity index is 2.62. The van der Waals surface area contributed by atoms with Crippen LogP contribution in [-0.2, 0) is 0 Å². The summed E-state index contributed by atoms with van der Waals surface area (Å²) in [4.78, 5) is 11.5. The van der Waals surface area contributed by atoms with Gasteiger partial charge >= 0.3 is 0 Å². The minimum absolute atomic E-state index is 0.0361. The zero-order chi connectivity index (χ0) is 12.4. The van der Waals surface area contributed by atoms with Gasteiger partial charge in [-0.25, -0.2) is 4.39 Å². The lowest BCUT2D eigenvalue weighted by Crippen LogP contribution is -2.17. The molecule has 0 saturated carbocycles. The maximum atomic E-state index is 13.6. The van der Waals surface area contributed by atoms with Gasteiger partial charge < -0.3 is 5.11 Å². The van der Waals surface area contributed by atoms with Crippen LogP contribution >= 0.6 is 0 Å². The molecule has 5 heteroatoms. The van der Waals surface area contributed by atoms with Gasteiger partial charge in [0.1, 0.15) is 11.6 Å². The van der Waals surface area contributed by atoms with Crippen molar-refractivity contribution in [2.75, 3.05) is 0 Å². The van der Waals surface area contributed by atoms with Crippen molar-refractivity contribution in [2.45, 2.75) is 0 Å². The molecule has 0 bridgehead atoms. The second-order valence-electron chi connectivity index (χ2n) is 3.37. The second kappa shape index (κ2) is 4.10. The molecule has 0 radical (unpaired) electrons. The van der Waals surface area contributed by atoms with Crippen molar-refractivity contribution in [2.24, 2.45) is 0 Å². The maximum Gasteiger partial charge on any atom is 0.258 e. The molecule has 0 saturated heterocycles. The molecule has 1 aromatic heterocycles. The van der Waals surface area contributed by atoms with Crippen molar-refractivity contribution in [3.63, 3.8) is 0 Å². The molecule has 0 aliphatic carbocycles. The first-order valence-corrected chi connectivity index (χ1v) is 4.73. The summed E-state index contributed by atoms with van der Waals surface area (Å²) in [6.07, 6.45) is 1.27. The van der Waals surface area contributed by atoms with E-state index in [1.165, 1.54) is 24.4 Å². The molecule has 0 unspecified atom stereocenters. The molecule has 1 aromatic carbocycles. The van der Waals surface area contributed by atoms with Gasteiger partial charge in [-0.3, -0.25) is 9.36 Å². The molecule has 0 amide bonds. The van der Waals surface area contributed by atoms with E-state index in [1.807, 2.05) is 0 Å². The average Bonchev–Trinajstić information content (AvgIpc) is 2.30. The van der Waals surface area contributed by atoms with Crippen LogP contribution in [0.5, 0.6) is 5.75 Å². The second-order valence-corrected chi connectivity index (χ2v) is 3.37. The molecular weight excluding hydrogens is 223 g/mol. The third-order valence-electron chi connectivity index (χ3n) is 2.24. The minimum atomic E-state index is -0.670. The Morgan fingerprint density at radius 1 is 1.29 bits per heavy atom. The van der Waals surface area contributed by atoms with E-state index in [-0.39, 0.29) is 17.0 Å². The Morgan fingerprint density at radius 3 is 2.65 bits per heavy atom. The molecule has 4 nitrogen and oxygen atoms in total. The number of hydrogen-bond donors (Lipinski definition) is 1. The Kier molecular flexibility index (Phi) is 2.63. The van der Waals surface area contributed by atoms with Crippen molar-refractivity contribution < 1.29 is 9.50 Å². The molecule has 0 aliphatic heterocycles. The number of hydrogen-bond acceptors (Lipinski definition) is 3. The highest BCUT2D eigenvalue weighted by atomic mass is 19.1. The molecule has 2 rings (SSSR count). The van der Waals surface area contributed by atoms with Crippen molar-refractivity contribution in [3.05, 3.63) is 58.3 Å². The number of aromatic nitrogens is 1. The van der Waals surface area contributed by atoms with E-state index in [0.29, 0.717) is 0 Å². The highest BCUT2D eigenvalue weighted by molar-refractivity contribution is 5.41. The summed E-state index contributed by atoms with van der Waals surface area (Å²) in [5.41, 5.74) is -0.333. The van der Waals surface area contributed by atoms with Crippen molar-refractivity contribution in [3.8, 4) is 17.5 Å². The number of nitrogens with zero attached hydrogens (tertiary/aromatic N) is 2. The zero-order valence-corrected chi connectivity index (χ0v) is 8.59. The fourth-order valence-corrected chi connectivity index (χ4v) is 1.44. The lowest BCUT2D eigenvalue weighted by atomic mass is 10.2. The van der Waals surface area contributed by atoms with E-state index >= 15 is 0 Å². The molecule has 17 heavy (non-hydrogen) atoms. The minimum Gasteiger partial charge on any atom is -0.508 e. The van der Waals surface area contributed by atoms with Gasteiger partial charge in [-0.1, -0.05) is 0 Å². The summed E-state index contributed by atoms with van der Waals surface area (Å²) < 4.78 is 14.7. The Morgan fingerprint density at radius 2 is 2.06 bits per heavy atom. The Labute approximate surface area is 95.8 Å². The molecule has 0 spiro atoms. The standard InChI is InChI=1S/C12H7FN2O2/c13-10-5-8(7-14)1-2-11(10)15-4-3-9(16)6-12(15)17/h1-6,16H. The lowest BCUT2D eigenvalue weighted by Gasteiger charge is -2.06. The highest BCUT2D eigenvalue weighted by Gasteiger charge is 2.07. The van der Waals surface area contributed by atoms with Crippen LogP contribution in [0.2, 0.25) is 0 Å². The SMILES string of the molecule is N#Cc1ccc(-n2ccc(O)cc2=O)c(F)c1.